The molecule has 0 fully saturated rings. The molecule has 0 saturated heterocycles. The van der Waals surface area contributed by atoms with Crippen LogP contribution in [0.3, 0.4) is 0 Å². The van der Waals surface area contributed by atoms with Gasteiger partial charge in [-0.3, -0.25) is 0 Å². The second-order valence-corrected chi connectivity index (χ2v) is 0. The summed E-state index contributed by atoms with van der Waals surface area (Å²) in [5.41, 5.74) is 0. The van der Waals surface area contributed by atoms with Crippen LogP contribution in [-0.4, -0.2) is 29.6 Å². The molecule has 0 aromatic carbocycles. The van der Waals surface area contributed by atoms with E-state index in [4.69, 9.17) is 0 Å². The molecule has 5 heteroatoms. The summed E-state index contributed by atoms with van der Waals surface area (Å²) in [7, 11) is 0. The van der Waals surface area contributed by atoms with E-state index in [2.05, 4.69) is 0 Å². The summed E-state index contributed by atoms with van der Waals surface area (Å²) in [5.74, 6) is 0. The summed E-state index contributed by atoms with van der Waals surface area (Å²) < 4.78 is 0. The first kappa shape index (κ1) is 37.2. The van der Waals surface area contributed by atoms with E-state index in [0.717, 1.165) is 0 Å². The van der Waals surface area contributed by atoms with Crippen molar-refractivity contribution in [3.63, 3.8) is 0 Å². The molecule has 0 amide bonds. The third kappa shape index (κ3) is 18.2. The van der Waals surface area contributed by atoms with Crippen molar-refractivity contribution in [2.24, 2.45) is 0 Å². The van der Waals surface area contributed by atoms with E-state index in [1.807, 2.05) is 0 Å². The van der Waals surface area contributed by atoms with Crippen LogP contribution in [0.15, 0.2) is 0 Å². The van der Waals surface area contributed by atoms with E-state index in [1.54, 1.807) is 0 Å². The molecule has 0 aliphatic carbocycles. The van der Waals surface area contributed by atoms with Crippen LogP contribution >= 0.6 is 0 Å². The van der Waals surface area contributed by atoms with Gasteiger partial charge in [-0.15, -0.1) is 0 Å². The smallest absolute Gasteiger partial charge is 0 e. The fourth-order valence-electron chi connectivity index (χ4n) is 0. The third-order valence-electron chi connectivity index (χ3n) is 0. The van der Waals surface area contributed by atoms with Crippen molar-refractivity contribution in [2.75, 3.05) is 0 Å². The largest absolute Gasteiger partial charge is 0 e. The average Bonchev–Trinajstić information content (AvgIpc) is 0. The van der Waals surface area contributed by atoms with Crippen LogP contribution in [0.1, 0.15) is 0 Å². The van der Waals surface area contributed by atoms with Gasteiger partial charge in [-0.1, -0.05) is 0 Å². The van der Waals surface area contributed by atoms with Crippen molar-refractivity contribution in [2.45, 2.75) is 0 Å². The zero-order valence-electron chi connectivity index (χ0n) is 2.93. The summed E-state index contributed by atoms with van der Waals surface area (Å²) >= 11 is 0. The molecule has 19 valence electrons. The molecular formula is LaNaOTaZr. The van der Waals surface area contributed by atoms with Crippen LogP contribution in [0.5, 0.6) is 0 Å². The maximum Gasteiger partial charge on any atom is 0 e. The molecule has 0 atom stereocenters. The molecule has 0 aliphatic rings. The Hall–Kier alpha value is 3.78. The molecule has 0 unspecified atom stereocenters. The molecule has 0 aromatic heterocycles. The van der Waals surface area contributed by atoms with Crippen LogP contribution in [0, 0.1) is 35.6 Å². The molecule has 0 rings (SSSR count). The van der Waals surface area contributed by atoms with E-state index >= 15 is 0 Å². The summed E-state index contributed by atoms with van der Waals surface area (Å²) in [6.45, 7) is 0. The quantitative estimate of drug-likeness (QED) is 0.446. The Labute approximate surface area is 116 Å². The minimum absolute atomic E-state index is 0. The molecule has 0 N–H and O–H groups in total. The third-order valence-corrected chi connectivity index (χ3v) is 0. The van der Waals surface area contributed by atoms with E-state index in [1.165, 1.54) is 0 Å². The Morgan fingerprint density at radius 3 is 1.00 bits per heavy atom. The van der Waals surface area contributed by atoms with Crippen LogP contribution in [0.25, 0.3) is 0 Å². The number of hydrogen-bond donors (Lipinski definition) is 0. The predicted molar refractivity (Wildman–Crippen MR) is 6.44 cm³/mol. The Morgan fingerprint density at radius 2 is 1.00 bits per heavy atom. The van der Waals surface area contributed by atoms with Crippen LogP contribution in [0.2, 0.25) is 0 Å². The maximum atomic E-state index is 0. The van der Waals surface area contributed by atoms with Crippen molar-refractivity contribution in [1.82, 2.24) is 0 Å². The van der Waals surface area contributed by atoms with Gasteiger partial charge in [-0.05, 0) is 0 Å². The monoisotopic (exact) mass is 449 g/mol. The summed E-state index contributed by atoms with van der Waals surface area (Å²) in [5, 5.41) is 0. The molecule has 0 saturated carbocycles. The van der Waals surface area contributed by atoms with Crippen molar-refractivity contribution in [1.29, 1.82) is 0 Å². The second kappa shape index (κ2) is 25.0. The minimum Gasteiger partial charge on any atom is 0 e. The second-order valence-electron chi connectivity index (χ2n) is 0. The van der Waals surface area contributed by atoms with Gasteiger partial charge in [0.2, 0.25) is 0 Å². The van der Waals surface area contributed by atoms with Gasteiger partial charge < -0.3 is 0 Å². The summed E-state index contributed by atoms with van der Waals surface area (Å²) in [6, 6.07) is 0. The molecular weight excluding hydrogens is 450 g/mol. The molecule has 1 nitrogen and oxygen atoms in total. The summed E-state index contributed by atoms with van der Waals surface area (Å²) in [6.07, 6.45) is 0. The van der Waals surface area contributed by atoms with Gasteiger partial charge >= 0.3 is 0 Å². The van der Waals surface area contributed by atoms with Gasteiger partial charge in [-0.2, -0.15) is 0 Å². The number of hydrogen-bond acceptors (Lipinski definition) is 0. The maximum absolute atomic E-state index is 0. The summed E-state index contributed by atoms with van der Waals surface area (Å²) in [4.78, 5) is 0. The van der Waals surface area contributed by atoms with Gasteiger partial charge in [0.15, 0.2) is 0 Å². The van der Waals surface area contributed by atoms with Gasteiger partial charge in [0.1, 0.15) is 0 Å². The first-order valence-electron chi connectivity index (χ1n) is 0. The van der Waals surface area contributed by atoms with E-state index < -0.39 is 0 Å². The van der Waals surface area contributed by atoms with Gasteiger partial charge in [0, 0.05) is 119 Å². The van der Waals surface area contributed by atoms with Crippen molar-refractivity contribution < 1.29 is 89.7 Å². The molecule has 5 radical (unpaired) electrons. The Bertz CT molecular complexity index is 11.6. The van der Waals surface area contributed by atoms with Crippen LogP contribution < -0.4 is 0 Å². The molecule has 0 spiro atoms. The predicted octanol–water partition coefficient (Wildman–Crippen LogP) is -0.505. The SMILES string of the molecule is [La].[Na].[O].[Ta].[Zr]. The molecule has 5 heavy (non-hydrogen) atoms. The molecule has 0 heterocycles. The minimum atomic E-state index is 0. The molecule has 0 bridgehead atoms. The van der Waals surface area contributed by atoms with E-state index in [9.17, 15) is 0 Å². The van der Waals surface area contributed by atoms with Crippen molar-refractivity contribution >= 4 is 29.6 Å². The van der Waals surface area contributed by atoms with Gasteiger partial charge in [0.25, 0.3) is 0 Å². The van der Waals surface area contributed by atoms with Crippen molar-refractivity contribution in [3.8, 4) is 0 Å². The normalized spacial score (nSPS) is 0. The van der Waals surface area contributed by atoms with Gasteiger partial charge in [-0.25, -0.2) is 0 Å². The molecule has 0 aromatic rings. The van der Waals surface area contributed by atoms with Crippen LogP contribution in [0.4, 0.5) is 0 Å². The Kier molecular flexibility index (Phi) is 186. The standard InChI is InChI=1S/La.Na.O.Ta.Zr. The van der Waals surface area contributed by atoms with E-state index in [0.29, 0.717) is 0 Å². The number of rotatable bonds is 0. The Balaban J connectivity index is 0. The molecule has 0 aliphatic heterocycles. The fourth-order valence-corrected chi connectivity index (χ4v) is 0. The first-order valence-corrected chi connectivity index (χ1v) is 0. The van der Waals surface area contributed by atoms with Crippen LogP contribution in [-0.2, 0) is 54.1 Å². The fraction of sp³-hybridized carbons (Fsp3) is 0. The zero-order chi connectivity index (χ0) is 0. The van der Waals surface area contributed by atoms with E-state index in [-0.39, 0.29) is 119 Å². The Morgan fingerprint density at radius 1 is 1.00 bits per heavy atom. The zero-order valence-corrected chi connectivity index (χ0v) is 14.2. The first-order chi connectivity index (χ1) is 0. The van der Waals surface area contributed by atoms with Crippen molar-refractivity contribution in [3.05, 3.63) is 0 Å². The van der Waals surface area contributed by atoms with Gasteiger partial charge in [0.05, 0.1) is 0 Å². The average molecular weight is 450 g/mol. The topological polar surface area (TPSA) is 28.5 Å².